The number of nitrogens with one attached hydrogen (secondary N) is 1. The summed E-state index contributed by atoms with van der Waals surface area (Å²) in [6.45, 7) is 6.48. The smallest absolute Gasteiger partial charge is 0.161 e. The summed E-state index contributed by atoms with van der Waals surface area (Å²) in [7, 11) is 0. The fourth-order valence-electron chi connectivity index (χ4n) is 2.46. The second-order valence-electron chi connectivity index (χ2n) is 5.03. The van der Waals surface area contributed by atoms with Gasteiger partial charge in [0.05, 0.1) is 24.3 Å². The summed E-state index contributed by atoms with van der Waals surface area (Å²) in [6.07, 6.45) is 2.88. The molecule has 21 heavy (non-hydrogen) atoms. The Balaban J connectivity index is 1.94. The molecule has 0 spiro atoms. The maximum atomic E-state index is 5.79. The van der Waals surface area contributed by atoms with E-state index >= 15 is 0 Å². The van der Waals surface area contributed by atoms with Gasteiger partial charge in [0.1, 0.15) is 0 Å². The molecular formula is C16H20N2O2S. The van der Waals surface area contributed by atoms with Gasteiger partial charge in [-0.15, -0.1) is 11.3 Å². The number of thiazole rings is 1. The average Bonchev–Trinajstić information content (AvgIpc) is 2.78. The van der Waals surface area contributed by atoms with Crippen LogP contribution < -0.4 is 14.8 Å². The SMILES string of the molecule is CCNC(c1ccc2c(c1)OCCCO2)c1cnc(C)s1. The lowest BCUT2D eigenvalue weighted by atomic mass is 10.0. The normalized spacial score (nSPS) is 15.5. The predicted octanol–water partition coefficient (Wildman–Crippen LogP) is 3.31. The summed E-state index contributed by atoms with van der Waals surface area (Å²) in [5, 5.41) is 4.61. The molecule has 0 amide bonds. The number of hydrogen-bond donors (Lipinski definition) is 1. The van der Waals surface area contributed by atoms with Gasteiger partial charge in [0.15, 0.2) is 11.5 Å². The van der Waals surface area contributed by atoms with Gasteiger partial charge >= 0.3 is 0 Å². The van der Waals surface area contributed by atoms with E-state index in [1.165, 1.54) is 10.4 Å². The topological polar surface area (TPSA) is 43.4 Å². The molecule has 4 nitrogen and oxygen atoms in total. The highest BCUT2D eigenvalue weighted by molar-refractivity contribution is 7.11. The third-order valence-corrected chi connectivity index (χ3v) is 4.41. The second kappa shape index (κ2) is 6.45. The van der Waals surface area contributed by atoms with Crippen molar-refractivity contribution in [2.24, 2.45) is 0 Å². The van der Waals surface area contributed by atoms with E-state index in [-0.39, 0.29) is 6.04 Å². The number of aryl methyl sites for hydroxylation is 1. The van der Waals surface area contributed by atoms with E-state index < -0.39 is 0 Å². The van der Waals surface area contributed by atoms with Crippen LogP contribution in [0.25, 0.3) is 0 Å². The number of ether oxygens (including phenoxy) is 2. The fraction of sp³-hybridized carbons (Fsp3) is 0.438. The number of nitrogens with zero attached hydrogens (tertiary/aromatic N) is 1. The van der Waals surface area contributed by atoms with Crippen molar-refractivity contribution >= 4 is 11.3 Å². The second-order valence-corrected chi connectivity index (χ2v) is 6.30. The van der Waals surface area contributed by atoms with Gasteiger partial charge in [0.2, 0.25) is 0 Å². The Morgan fingerprint density at radius 2 is 2.10 bits per heavy atom. The molecule has 2 heterocycles. The van der Waals surface area contributed by atoms with Gasteiger partial charge in [0.25, 0.3) is 0 Å². The molecule has 0 aliphatic carbocycles. The first-order chi connectivity index (χ1) is 10.3. The molecule has 1 aliphatic rings. The standard InChI is InChI=1S/C16H20N2O2S/c1-3-17-16(15-10-18-11(2)21-15)12-5-6-13-14(9-12)20-8-4-7-19-13/h5-6,9-10,16-17H,3-4,7-8H2,1-2H3. The minimum atomic E-state index is 0.151. The molecule has 0 radical (unpaired) electrons. The molecule has 1 N–H and O–H groups in total. The lowest BCUT2D eigenvalue weighted by molar-refractivity contribution is 0.297. The third-order valence-electron chi connectivity index (χ3n) is 3.44. The van der Waals surface area contributed by atoms with Crippen molar-refractivity contribution in [2.45, 2.75) is 26.3 Å². The van der Waals surface area contributed by atoms with Crippen LogP contribution in [0, 0.1) is 6.92 Å². The largest absolute Gasteiger partial charge is 0.490 e. The van der Waals surface area contributed by atoms with Gasteiger partial charge in [0, 0.05) is 17.5 Å². The quantitative estimate of drug-likeness (QED) is 0.941. The number of benzene rings is 1. The van der Waals surface area contributed by atoms with Gasteiger partial charge in [-0.25, -0.2) is 4.98 Å². The van der Waals surface area contributed by atoms with Crippen LogP contribution in [-0.2, 0) is 0 Å². The Morgan fingerprint density at radius 3 is 2.81 bits per heavy atom. The summed E-state index contributed by atoms with van der Waals surface area (Å²) in [5.41, 5.74) is 1.18. The van der Waals surface area contributed by atoms with Crippen LogP contribution in [0.1, 0.15) is 34.8 Å². The Hall–Kier alpha value is -1.59. The maximum Gasteiger partial charge on any atom is 0.161 e. The molecule has 1 aliphatic heterocycles. The average molecular weight is 304 g/mol. The van der Waals surface area contributed by atoms with Crippen LogP contribution in [-0.4, -0.2) is 24.7 Å². The molecule has 3 rings (SSSR count). The van der Waals surface area contributed by atoms with Gasteiger partial charge < -0.3 is 14.8 Å². The zero-order valence-corrected chi connectivity index (χ0v) is 13.2. The van der Waals surface area contributed by atoms with Gasteiger partial charge in [-0.1, -0.05) is 13.0 Å². The third kappa shape index (κ3) is 3.19. The molecular weight excluding hydrogens is 284 g/mol. The number of aromatic nitrogens is 1. The molecule has 0 bridgehead atoms. The summed E-state index contributed by atoms with van der Waals surface area (Å²) in [4.78, 5) is 5.60. The Morgan fingerprint density at radius 1 is 1.29 bits per heavy atom. The van der Waals surface area contributed by atoms with Crippen molar-refractivity contribution in [1.29, 1.82) is 0 Å². The van der Waals surface area contributed by atoms with Crippen LogP contribution in [0.15, 0.2) is 24.4 Å². The molecule has 1 unspecified atom stereocenters. The van der Waals surface area contributed by atoms with E-state index in [0.29, 0.717) is 6.61 Å². The highest BCUT2D eigenvalue weighted by atomic mass is 32.1. The number of rotatable bonds is 4. The highest BCUT2D eigenvalue weighted by Gasteiger charge is 2.19. The van der Waals surface area contributed by atoms with Crippen molar-refractivity contribution < 1.29 is 9.47 Å². The van der Waals surface area contributed by atoms with E-state index in [2.05, 4.69) is 29.4 Å². The Bertz CT molecular complexity index is 612. The van der Waals surface area contributed by atoms with E-state index in [0.717, 1.165) is 36.1 Å². The van der Waals surface area contributed by atoms with Crippen molar-refractivity contribution in [3.05, 3.63) is 39.8 Å². The minimum Gasteiger partial charge on any atom is -0.490 e. The Labute approximate surface area is 129 Å². The van der Waals surface area contributed by atoms with Crippen LogP contribution in [0.3, 0.4) is 0 Å². The number of hydrogen-bond acceptors (Lipinski definition) is 5. The van der Waals surface area contributed by atoms with E-state index in [1.807, 2.05) is 19.2 Å². The summed E-state index contributed by atoms with van der Waals surface area (Å²) >= 11 is 1.73. The first-order valence-electron chi connectivity index (χ1n) is 7.33. The minimum absolute atomic E-state index is 0.151. The molecule has 0 saturated heterocycles. The molecule has 1 atom stereocenters. The highest BCUT2D eigenvalue weighted by Crippen LogP contribution is 2.35. The summed E-state index contributed by atoms with van der Waals surface area (Å²) < 4.78 is 11.5. The first-order valence-corrected chi connectivity index (χ1v) is 8.15. The summed E-state index contributed by atoms with van der Waals surface area (Å²) in [5.74, 6) is 1.68. The molecule has 0 saturated carbocycles. The predicted molar refractivity (Wildman–Crippen MR) is 84.4 cm³/mol. The van der Waals surface area contributed by atoms with E-state index in [1.54, 1.807) is 11.3 Å². The van der Waals surface area contributed by atoms with E-state index in [9.17, 15) is 0 Å². The zero-order valence-electron chi connectivity index (χ0n) is 12.4. The van der Waals surface area contributed by atoms with Crippen molar-refractivity contribution in [1.82, 2.24) is 10.3 Å². The molecule has 0 fully saturated rings. The van der Waals surface area contributed by atoms with Crippen LogP contribution in [0.5, 0.6) is 11.5 Å². The first kappa shape index (κ1) is 14.4. The van der Waals surface area contributed by atoms with Crippen LogP contribution >= 0.6 is 11.3 Å². The van der Waals surface area contributed by atoms with E-state index in [4.69, 9.17) is 9.47 Å². The van der Waals surface area contributed by atoms with Crippen molar-refractivity contribution in [3.63, 3.8) is 0 Å². The van der Waals surface area contributed by atoms with Gasteiger partial charge in [-0.2, -0.15) is 0 Å². The molecule has 2 aromatic rings. The van der Waals surface area contributed by atoms with Crippen molar-refractivity contribution in [2.75, 3.05) is 19.8 Å². The molecule has 1 aromatic heterocycles. The van der Waals surface area contributed by atoms with Crippen LogP contribution in [0.2, 0.25) is 0 Å². The molecule has 112 valence electrons. The molecule has 5 heteroatoms. The fourth-order valence-corrected chi connectivity index (χ4v) is 3.35. The summed E-state index contributed by atoms with van der Waals surface area (Å²) in [6, 6.07) is 6.35. The monoisotopic (exact) mass is 304 g/mol. The maximum absolute atomic E-state index is 5.79. The lowest BCUT2D eigenvalue weighted by Gasteiger charge is -2.18. The molecule has 1 aromatic carbocycles. The van der Waals surface area contributed by atoms with Gasteiger partial charge in [-0.3, -0.25) is 0 Å². The Kier molecular flexibility index (Phi) is 4.41. The van der Waals surface area contributed by atoms with Crippen molar-refractivity contribution in [3.8, 4) is 11.5 Å². The lowest BCUT2D eigenvalue weighted by Crippen LogP contribution is -2.21. The van der Waals surface area contributed by atoms with Gasteiger partial charge in [-0.05, 0) is 31.2 Å². The number of fused-ring (bicyclic) bond motifs is 1. The zero-order chi connectivity index (χ0) is 14.7. The van der Waals surface area contributed by atoms with Crippen LogP contribution in [0.4, 0.5) is 0 Å².